The summed E-state index contributed by atoms with van der Waals surface area (Å²) < 4.78 is 0.840. The average Bonchev–Trinajstić information content (AvgIpc) is 2.43. The maximum Gasteiger partial charge on any atom is 0.255 e. The number of hydrogen-bond acceptors (Lipinski definition) is 2. The largest absolute Gasteiger partial charge is 0.366 e. The van der Waals surface area contributed by atoms with Crippen LogP contribution in [0.25, 0.3) is 0 Å². The fraction of sp³-hybridized carbons (Fsp3) is 0.0667. The molecule has 21 heavy (non-hydrogen) atoms. The molecule has 0 saturated heterocycles. The lowest BCUT2D eigenvalue weighted by Gasteiger charge is -2.09. The van der Waals surface area contributed by atoms with Crippen LogP contribution in [0.3, 0.4) is 0 Å². The minimum absolute atomic E-state index is 0.278. The van der Waals surface area contributed by atoms with E-state index in [9.17, 15) is 9.59 Å². The van der Waals surface area contributed by atoms with Crippen LogP contribution in [0.4, 0.5) is 5.69 Å². The molecule has 0 aliphatic heterocycles. The van der Waals surface area contributed by atoms with E-state index < -0.39 is 5.91 Å². The van der Waals surface area contributed by atoms with E-state index in [0.29, 0.717) is 16.3 Å². The molecule has 4 nitrogen and oxygen atoms in total. The third kappa shape index (κ3) is 3.62. The van der Waals surface area contributed by atoms with Gasteiger partial charge in [0, 0.05) is 15.6 Å². The quantitative estimate of drug-likeness (QED) is 0.867. The molecule has 2 rings (SSSR count). The molecule has 0 spiro atoms. The Morgan fingerprint density at radius 1 is 1.14 bits per heavy atom. The Morgan fingerprint density at radius 3 is 2.43 bits per heavy atom. The number of nitrogens with two attached hydrogens (primary N) is 1. The van der Waals surface area contributed by atoms with Gasteiger partial charge >= 0.3 is 0 Å². The number of nitrogens with one attached hydrogen (secondary N) is 1. The molecule has 3 N–H and O–H groups in total. The molecule has 6 heteroatoms. The molecule has 0 heterocycles. The van der Waals surface area contributed by atoms with Crippen molar-refractivity contribution in [1.29, 1.82) is 0 Å². The Balaban J connectivity index is 2.28. The first-order valence-electron chi connectivity index (χ1n) is 6.05. The molecule has 0 saturated carbocycles. The number of rotatable bonds is 3. The summed E-state index contributed by atoms with van der Waals surface area (Å²) in [6.07, 6.45) is 0. The van der Waals surface area contributed by atoms with E-state index in [4.69, 9.17) is 17.3 Å². The summed E-state index contributed by atoms with van der Waals surface area (Å²) >= 11 is 9.39. The van der Waals surface area contributed by atoms with E-state index in [1.165, 1.54) is 18.2 Å². The van der Waals surface area contributed by atoms with E-state index in [-0.39, 0.29) is 11.5 Å². The summed E-state index contributed by atoms with van der Waals surface area (Å²) in [5.74, 6) is -0.903. The molecule has 2 amide bonds. The third-order valence-corrected chi connectivity index (χ3v) is 4.12. The van der Waals surface area contributed by atoms with E-state index in [2.05, 4.69) is 21.2 Å². The van der Waals surface area contributed by atoms with Crippen LogP contribution in [0, 0.1) is 6.92 Å². The molecule has 0 bridgehead atoms. The third-order valence-electron chi connectivity index (χ3n) is 2.93. The highest BCUT2D eigenvalue weighted by Gasteiger charge is 2.11. The van der Waals surface area contributed by atoms with Gasteiger partial charge in [0.1, 0.15) is 0 Å². The Labute approximate surface area is 135 Å². The summed E-state index contributed by atoms with van der Waals surface area (Å²) in [5.41, 5.74) is 7.34. The van der Waals surface area contributed by atoms with Crippen LogP contribution in [0.15, 0.2) is 40.9 Å². The number of amides is 2. The maximum atomic E-state index is 12.2. The van der Waals surface area contributed by atoms with Crippen LogP contribution >= 0.6 is 27.5 Å². The van der Waals surface area contributed by atoms with Gasteiger partial charge in [-0.2, -0.15) is 0 Å². The van der Waals surface area contributed by atoms with Crippen LogP contribution < -0.4 is 11.1 Å². The van der Waals surface area contributed by atoms with Gasteiger partial charge in [-0.3, -0.25) is 9.59 Å². The monoisotopic (exact) mass is 366 g/mol. The minimum atomic E-state index is -0.583. The van der Waals surface area contributed by atoms with Gasteiger partial charge in [-0.1, -0.05) is 33.6 Å². The second kappa shape index (κ2) is 6.28. The molecule has 108 valence electrons. The van der Waals surface area contributed by atoms with Crippen molar-refractivity contribution in [3.8, 4) is 0 Å². The smallest absolute Gasteiger partial charge is 0.255 e. The molecule has 0 aromatic heterocycles. The predicted octanol–water partition coefficient (Wildman–Crippen LogP) is 3.76. The zero-order valence-electron chi connectivity index (χ0n) is 11.1. The second-order valence-electron chi connectivity index (χ2n) is 4.48. The fourth-order valence-corrected chi connectivity index (χ4v) is 2.25. The maximum absolute atomic E-state index is 12.2. The van der Waals surface area contributed by atoms with Crippen LogP contribution in [0.1, 0.15) is 26.3 Å². The van der Waals surface area contributed by atoms with Gasteiger partial charge in [0.2, 0.25) is 5.91 Å². The molecule has 0 aliphatic carbocycles. The number of anilines is 1. The van der Waals surface area contributed by atoms with Crippen molar-refractivity contribution in [3.63, 3.8) is 0 Å². The first-order chi connectivity index (χ1) is 9.88. The topological polar surface area (TPSA) is 72.2 Å². The molecule has 0 unspecified atom stereocenters. The summed E-state index contributed by atoms with van der Waals surface area (Å²) in [4.78, 5) is 23.4. The normalized spacial score (nSPS) is 10.2. The number of aryl methyl sites for hydroxylation is 1. The van der Waals surface area contributed by atoms with Crippen molar-refractivity contribution in [2.45, 2.75) is 6.92 Å². The second-order valence-corrected chi connectivity index (χ2v) is 5.74. The fourth-order valence-electron chi connectivity index (χ4n) is 1.70. The number of carbonyl (C=O) groups is 2. The predicted molar refractivity (Wildman–Crippen MR) is 86.8 cm³/mol. The van der Waals surface area contributed by atoms with Crippen LogP contribution in [-0.4, -0.2) is 11.8 Å². The molecule has 0 radical (unpaired) electrons. The Bertz CT molecular complexity index is 732. The van der Waals surface area contributed by atoms with E-state index in [1.54, 1.807) is 12.1 Å². The number of hydrogen-bond donors (Lipinski definition) is 2. The molecule has 0 aliphatic rings. The van der Waals surface area contributed by atoms with Gasteiger partial charge in [0.25, 0.3) is 5.91 Å². The number of carbonyl (C=O) groups excluding carboxylic acids is 2. The lowest BCUT2D eigenvalue weighted by atomic mass is 10.1. The van der Waals surface area contributed by atoms with Crippen LogP contribution in [-0.2, 0) is 0 Å². The minimum Gasteiger partial charge on any atom is -0.366 e. The first kappa shape index (κ1) is 15.5. The summed E-state index contributed by atoms with van der Waals surface area (Å²) in [6, 6.07) is 9.73. The molecule has 2 aromatic rings. The first-order valence-corrected chi connectivity index (χ1v) is 7.22. The van der Waals surface area contributed by atoms with E-state index in [0.717, 1.165) is 10.0 Å². The molecular formula is C15H12BrClN2O2. The molecular weight excluding hydrogens is 356 g/mol. The highest BCUT2D eigenvalue weighted by molar-refractivity contribution is 9.10. The zero-order chi connectivity index (χ0) is 15.6. The van der Waals surface area contributed by atoms with Gasteiger partial charge < -0.3 is 11.1 Å². The summed E-state index contributed by atoms with van der Waals surface area (Å²) in [6.45, 7) is 1.93. The number of primary amides is 1. The van der Waals surface area contributed by atoms with Crippen molar-refractivity contribution in [2.24, 2.45) is 5.73 Å². The van der Waals surface area contributed by atoms with E-state index >= 15 is 0 Å². The number of benzene rings is 2. The van der Waals surface area contributed by atoms with Gasteiger partial charge in [-0.15, -0.1) is 0 Å². The van der Waals surface area contributed by atoms with Crippen LogP contribution in [0.5, 0.6) is 0 Å². The van der Waals surface area contributed by atoms with Gasteiger partial charge in [-0.25, -0.2) is 0 Å². The molecule has 2 aromatic carbocycles. The van der Waals surface area contributed by atoms with Crippen molar-refractivity contribution >= 4 is 45.0 Å². The average molecular weight is 368 g/mol. The lowest BCUT2D eigenvalue weighted by Crippen LogP contribution is -2.15. The standard InChI is InChI=1S/C15H12BrClN2O2/c1-8-2-3-10(6-11(8)16)15(21)19-13-7-9(14(18)20)4-5-12(13)17/h2-7H,1H3,(H2,18,20)(H,19,21). The molecule has 0 atom stereocenters. The lowest BCUT2D eigenvalue weighted by molar-refractivity contribution is 0.0996. The summed E-state index contributed by atoms with van der Waals surface area (Å²) in [7, 11) is 0. The highest BCUT2D eigenvalue weighted by Crippen LogP contribution is 2.24. The van der Waals surface area contributed by atoms with Crippen molar-refractivity contribution in [1.82, 2.24) is 0 Å². The number of halogens is 2. The van der Waals surface area contributed by atoms with Crippen molar-refractivity contribution in [2.75, 3.05) is 5.32 Å². The van der Waals surface area contributed by atoms with Gasteiger partial charge in [0.15, 0.2) is 0 Å². The van der Waals surface area contributed by atoms with Crippen LogP contribution in [0.2, 0.25) is 5.02 Å². The molecule has 0 fully saturated rings. The Kier molecular flexibility index (Phi) is 4.65. The highest BCUT2D eigenvalue weighted by atomic mass is 79.9. The van der Waals surface area contributed by atoms with E-state index in [1.807, 2.05) is 13.0 Å². The SMILES string of the molecule is Cc1ccc(C(=O)Nc2cc(C(N)=O)ccc2Cl)cc1Br. The van der Waals surface area contributed by atoms with Crippen molar-refractivity contribution < 1.29 is 9.59 Å². The Morgan fingerprint density at radius 2 is 1.81 bits per heavy atom. The Hall–Kier alpha value is -1.85. The van der Waals surface area contributed by atoms with Crippen molar-refractivity contribution in [3.05, 3.63) is 62.6 Å². The van der Waals surface area contributed by atoms with Gasteiger partial charge in [0.05, 0.1) is 10.7 Å². The van der Waals surface area contributed by atoms with Gasteiger partial charge in [-0.05, 0) is 42.8 Å². The summed E-state index contributed by atoms with van der Waals surface area (Å²) in [5, 5.41) is 3.00. The zero-order valence-corrected chi connectivity index (χ0v) is 13.5.